The van der Waals surface area contributed by atoms with Gasteiger partial charge in [0, 0.05) is 22.7 Å². The summed E-state index contributed by atoms with van der Waals surface area (Å²) in [5.74, 6) is -0.140. The molecule has 0 aliphatic carbocycles. The highest BCUT2D eigenvalue weighted by Crippen LogP contribution is 2.22. The second kappa shape index (κ2) is 5.67. The Kier molecular flexibility index (Phi) is 4.14. The number of rotatable bonds is 4. The van der Waals surface area contributed by atoms with Gasteiger partial charge >= 0.3 is 0 Å². The molecule has 0 aliphatic rings. The fourth-order valence-corrected chi connectivity index (χ4v) is 2.45. The number of H-pyrrole nitrogens is 1. The maximum Gasteiger partial charge on any atom is 0.252 e. The number of aliphatic hydroxyl groups excluding tert-OH is 1. The SMILES string of the molecule is CC(C)(C)CC(CO)NC(=O)c1cccc2[nH]ccc12. The molecular formula is C16H22N2O2. The van der Waals surface area contributed by atoms with Crippen molar-refractivity contribution in [2.45, 2.75) is 33.2 Å². The molecule has 0 radical (unpaired) electrons. The molecule has 1 aromatic heterocycles. The van der Waals surface area contributed by atoms with Crippen molar-refractivity contribution < 1.29 is 9.90 Å². The molecule has 0 saturated carbocycles. The van der Waals surface area contributed by atoms with Crippen LogP contribution >= 0.6 is 0 Å². The van der Waals surface area contributed by atoms with Crippen molar-refractivity contribution in [2.24, 2.45) is 5.41 Å². The summed E-state index contributed by atoms with van der Waals surface area (Å²) in [4.78, 5) is 15.5. The topological polar surface area (TPSA) is 65.1 Å². The monoisotopic (exact) mass is 274 g/mol. The van der Waals surface area contributed by atoms with Crippen molar-refractivity contribution in [3.05, 3.63) is 36.0 Å². The molecule has 0 aliphatic heterocycles. The average molecular weight is 274 g/mol. The summed E-state index contributed by atoms with van der Waals surface area (Å²) in [5.41, 5.74) is 1.63. The van der Waals surface area contributed by atoms with Crippen LogP contribution in [0.3, 0.4) is 0 Å². The van der Waals surface area contributed by atoms with E-state index in [1.54, 1.807) is 6.07 Å². The summed E-state index contributed by atoms with van der Waals surface area (Å²) in [6.45, 7) is 6.23. The Morgan fingerprint density at radius 1 is 1.35 bits per heavy atom. The molecule has 0 fully saturated rings. The maximum atomic E-state index is 12.4. The summed E-state index contributed by atoms with van der Waals surface area (Å²) in [6.07, 6.45) is 2.55. The van der Waals surface area contributed by atoms with Crippen LogP contribution in [0.5, 0.6) is 0 Å². The van der Waals surface area contributed by atoms with Crippen LogP contribution in [0.2, 0.25) is 0 Å². The maximum absolute atomic E-state index is 12.4. The molecule has 20 heavy (non-hydrogen) atoms. The Balaban J connectivity index is 2.17. The highest BCUT2D eigenvalue weighted by Gasteiger charge is 2.21. The van der Waals surface area contributed by atoms with E-state index < -0.39 is 0 Å². The van der Waals surface area contributed by atoms with Gasteiger partial charge in [-0.05, 0) is 30.0 Å². The summed E-state index contributed by atoms with van der Waals surface area (Å²) < 4.78 is 0. The Bertz CT molecular complexity index is 596. The fourth-order valence-electron chi connectivity index (χ4n) is 2.45. The van der Waals surface area contributed by atoms with Crippen molar-refractivity contribution in [1.29, 1.82) is 0 Å². The molecule has 1 aromatic carbocycles. The van der Waals surface area contributed by atoms with Gasteiger partial charge in [0.15, 0.2) is 0 Å². The molecule has 1 atom stereocenters. The zero-order valence-corrected chi connectivity index (χ0v) is 12.2. The molecular weight excluding hydrogens is 252 g/mol. The Morgan fingerprint density at radius 3 is 2.75 bits per heavy atom. The van der Waals surface area contributed by atoms with Crippen LogP contribution in [0.25, 0.3) is 10.9 Å². The average Bonchev–Trinajstić information content (AvgIpc) is 2.84. The van der Waals surface area contributed by atoms with Gasteiger partial charge in [-0.3, -0.25) is 4.79 Å². The normalized spacial score (nSPS) is 13.4. The summed E-state index contributed by atoms with van der Waals surface area (Å²) in [5, 5.41) is 13.3. The smallest absolute Gasteiger partial charge is 0.252 e. The van der Waals surface area contributed by atoms with Gasteiger partial charge in [0.2, 0.25) is 0 Å². The number of carbonyl (C=O) groups is 1. The second-order valence-electron chi connectivity index (χ2n) is 6.36. The minimum atomic E-state index is -0.225. The van der Waals surface area contributed by atoms with Gasteiger partial charge in [0.1, 0.15) is 0 Å². The van der Waals surface area contributed by atoms with Gasteiger partial charge in [-0.25, -0.2) is 0 Å². The van der Waals surface area contributed by atoms with E-state index in [0.29, 0.717) is 5.56 Å². The van der Waals surface area contributed by atoms with E-state index in [4.69, 9.17) is 0 Å². The lowest BCUT2D eigenvalue weighted by Crippen LogP contribution is -2.40. The number of hydrogen-bond donors (Lipinski definition) is 3. The van der Waals surface area contributed by atoms with Crippen LogP contribution in [-0.2, 0) is 0 Å². The number of aromatic amines is 1. The molecule has 3 N–H and O–H groups in total. The molecule has 0 saturated heterocycles. The van der Waals surface area contributed by atoms with Crippen LogP contribution in [-0.4, -0.2) is 28.6 Å². The Hall–Kier alpha value is -1.81. The molecule has 4 heteroatoms. The molecule has 1 unspecified atom stereocenters. The van der Waals surface area contributed by atoms with Crippen LogP contribution in [0.4, 0.5) is 0 Å². The van der Waals surface area contributed by atoms with Crippen molar-refractivity contribution >= 4 is 16.8 Å². The van der Waals surface area contributed by atoms with E-state index in [1.807, 2.05) is 24.4 Å². The molecule has 0 spiro atoms. The van der Waals surface area contributed by atoms with Crippen molar-refractivity contribution in [3.8, 4) is 0 Å². The highest BCUT2D eigenvalue weighted by molar-refractivity contribution is 6.06. The van der Waals surface area contributed by atoms with E-state index >= 15 is 0 Å². The summed E-state index contributed by atoms with van der Waals surface area (Å²) in [7, 11) is 0. The quantitative estimate of drug-likeness (QED) is 0.802. The van der Waals surface area contributed by atoms with E-state index in [-0.39, 0.29) is 24.0 Å². The fraction of sp³-hybridized carbons (Fsp3) is 0.438. The van der Waals surface area contributed by atoms with Gasteiger partial charge in [-0.1, -0.05) is 26.8 Å². The van der Waals surface area contributed by atoms with E-state index in [2.05, 4.69) is 31.1 Å². The first kappa shape index (κ1) is 14.6. The van der Waals surface area contributed by atoms with Crippen molar-refractivity contribution in [1.82, 2.24) is 10.3 Å². The van der Waals surface area contributed by atoms with Crippen LogP contribution in [0, 0.1) is 5.41 Å². The number of aliphatic hydroxyl groups is 1. The van der Waals surface area contributed by atoms with E-state index in [0.717, 1.165) is 17.3 Å². The van der Waals surface area contributed by atoms with Gasteiger partial charge in [-0.2, -0.15) is 0 Å². The van der Waals surface area contributed by atoms with Gasteiger partial charge in [-0.15, -0.1) is 0 Å². The molecule has 1 amide bonds. The zero-order chi connectivity index (χ0) is 14.8. The van der Waals surface area contributed by atoms with E-state index in [1.165, 1.54) is 0 Å². The number of nitrogens with one attached hydrogen (secondary N) is 2. The number of fused-ring (bicyclic) bond motifs is 1. The summed E-state index contributed by atoms with van der Waals surface area (Å²) in [6, 6.07) is 7.26. The standard InChI is InChI=1S/C16H22N2O2/c1-16(2,3)9-11(10-19)18-15(20)13-5-4-6-14-12(13)7-8-17-14/h4-8,11,17,19H,9-10H2,1-3H3,(H,18,20). The lowest BCUT2D eigenvalue weighted by atomic mass is 9.88. The number of aromatic nitrogens is 1. The zero-order valence-electron chi connectivity index (χ0n) is 12.2. The lowest BCUT2D eigenvalue weighted by Gasteiger charge is -2.25. The second-order valence-corrected chi connectivity index (χ2v) is 6.36. The van der Waals surface area contributed by atoms with E-state index in [9.17, 15) is 9.90 Å². The van der Waals surface area contributed by atoms with Gasteiger partial charge in [0.05, 0.1) is 12.6 Å². The van der Waals surface area contributed by atoms with Crippen LogP contribution in [0.15, 0.2) is 30.5 Å². The third-order valence-corrected chi connectivity index (χ3v) is 3.25. The minimum Gasteiger partial charge on any atom is -0.394 e. The molecule has 1 heterocycles. The third kappa shape index (κ3) is 3.39. The molecule has 2 rings (SSSR count). The van der Waals surface area contributed by atoms with Crippen molar-refractivity contribution in [3.63, 3.8) is 0 Å². The predicted octanol–water partition coefficient (Wildman–Crippen LogP) is 2.69. The first-order valence-corrected chi connectivity index (χ1v) is 6.88. The van der Waals surface area contributed by atoms with Crippen molar-refractivity contribution in [2.75, 3.05) is 6.61 Å². The van der Waals surface area contributed by atoms with Gasteiger partial charge < -0.3 is 15.4 Å². The third-order valence-electron chi connectivity index (χ3n) is 3.25. The highest BCUT2D eigenvalue weighted by atomic mass is 16.3. The number of benzene rings is 1. The van der Waals surface area contributed by atoms with Crippen LogP contribution < -0.4 is 5.32 Å². The number of hydrogen-bond acceptors (Lipinski definition) is 2. The first-order chi connectivity index (χ1) is 9.40. The Morgan fingerprint density at radius 2 is 2.10 bits per heavy atom. The Labute approximate surface area is 119 Å². The predicted molar refractivity (Wildman–Crippen MR) is 80.7 cm³/mol. The van der Waals surface area contributed by atoms with Crippen LogP contribution in [0.1, 0.15) is 37.6 Å². The first-order valence-electron chi connectivity index (χ1n) is 6.88. The minimum absolute atomic E-state index is 0.0495. The summed E-state index contributed by atoms with van der Waals surface area (Å²) >= 11 is 0. The molecule has 108 valence electrons. The molecule has 0 bridgehead atoms. The lowest BCUT2D eigenvalue weighted by molar-refractivity contribution is 0.0899. The molecule has 2 aromatic rings. The largest absolute Gasteiger partial charge is 0.394 e. The number of amides is 1. The van der Waals surface area contributed by atoms with Gasteiger partial charge in [0.25, 0.3) is 5.91 Å². The number of carbonyl (C=O) groups excluding carboxylic acids is 1. The molecule has 4 nitrogen and oxygen atoms in total.